The topological polar surface area (TPSA) is 64.6 Å². The van der Waals surface area contributed by atoms with Crippen molar-refractivity contribution in [2.75, 3.05) is 20.8 Å². The van der Waals surface area contributed by atoms with Crippen LogP contribution in [0.4, 0.5) is 0 Å². The van der Waals surface area contributed by atoms with Gasteiger partial charge in [0.2, 0.25) is 5.91 Å². The van der Waals surface area contributed by atoms with Gasteiger partial charge >= 0.3 is 0 Å². The monoisotopic (exact) mass is 359 g/mol. The van der Waals surface area contributed by atoms with E-state index < -0.39 is 5.41 Å². The van der Waals surface area contributed by atoms with Crippen LogP contribution in [-0.4, -0.2) is 32.5 Å². The lowest BCUT2D eigenvalue weighted by Crippen LogP contribution is -2.47. The van der Waals surface area contributed by atoms with Crippen LogP contribution in [0.25, 0.3) is 0 Å². The highest BCUT2D eigenvalue weighted by Gasteiger charge is 2.72. The first-order chi connectivity index (χ1) is 12.2. The van der Waals surface area contributed by atoms with Gasteiger partial charge in [-0.25, -0.2) is 0 Å². The SMILES string of the molecule is COc1ccc(CCNC(=O)C23CCC(C)(C(=O)C2)C3(C)C)cc1OC. The van der Waals surface area contributed by atoms with Crippen LogP contribution in [0.3, 0.4) is 0 Å². The Kier molecular flexibility index (Phi) is 4.53. The van der Waals surface area contributed by atoms with Crippen molar-refractivity contribution in [1.82, 2.24) is 5.32 Å². The summed E-state index contributed by atoms with van der Waals surface area (Å²) in [4.78, 5) is 25.5. The third-order valence-electron chi connectivity index (χ3n) is 7.29. The fourth-order valence-corrected chi connectivity index (χ4v) is 4.89. The predicted octanol–water partition coefficient (Wildman–Crippen LogP) is 3.15. The average molecular weight is 359 g/mol. The Labute approximate surface area is 155 Å². The molecule has 26 heavy (non-hydrogen) atoms. The Balaban J connectivity index is 1.66. The molecule has 2 saturated carbocycles. The molecule has 0 spiro atoms. The van der Waals surface area contributed by atoms with Crippen LogP contribution in [-0.2, 0) is 16.0 Å². The summed E-state index contributed by atoms with van der Waals surface area (Å²) in [6.07, 6.45) is 2.68. The number of benzene rings is 1. The first kappa shape index (κ1) is 18.7. The number of Topliss-reactive ketones (excluding diaryl/α,β-unsaturated/α-hetero) is 1. The number of ketones is 1. The Morgan fingerprint density at radius 1 is 1.12 bits per heavy atom. The largest absolute Gasteiger partial charge is 0.493 e. The molecule has 2 atom stereocenters. The number of rotatable bonds is 6. The molecule has 0 aliphatic heterocycles. The highest BCUT2D eigenvalue weighted by Crippen LogP contribution is 2.70. The van der Waals surface area contributed by atoms with E-state index in [-0.39, 0.29) is 22.5 Å². The van der Waals surface area contributed by atoms with Gasteiger partial charge in [-0.05, 0) is 42.4 Å². The molecule has 0 aromatic heterocycles. The summed E-state index contributed by atoms with van der Waals surface area (Å²) in [6, 6.07) is 5.77. The summed E-state index contributed by atoms with van der Waals surface area (Å²) in [5.74, 6) is 1.64. The minimum absolute atomic E-state index is 0.0255. The van der Waals surface area contributed by atoms with E-state index in [9.17, 15) is 9.59 Å². The average Bonchev–Trinajstić information content (AvgIpc) is 2.91. The van der Waals surface area contributed by atoms with Gasteiger partial charge in [-0.2, -0.15) is 0 Å². The van der Waals surface area contributed by atoms with Crippen molar-refractivity contribution in [1.29, 1.82) is 0 Å². The van der Waals surface area contributed by atoms with Crippen LogP contribution in [0.15, 0.2) is 18.2 Å². The maximum atomic E-state index is 13.0. The molecule has 0 saturated heterocycles. The second-order valence-electron chi connectivity index (χ2n) is 8.33. The minimum atomic E-state index is -0.559. The Morgan fingerprint density at radius 2 is 1.81 bits per heavy atom. The molecule has 0 radical (unpaired) electrons. The van der Waals surface area contributed by atoms with Gasteiger partial charge in [0.15, 0.2) is 11.5 Å². The first-order valence-electron chi connectivity index (χ1n) is 9.24. The van der Waals surface area contributed by atoms with Crippen molar-refractivity contribution >= 4 is 11.7 Å². The molecule has 2 bridgehead atoms. The molecule has 0 heterocycles. The number of carbonyl (C=O) groups is 2. The van der Waals surface area contributed by atoms with Crippen LogP contribution in [0.5, 0.6) is 11.5 Å². The van der Waals surface area contributed by atoms with Gasteiger partial charge in [-0.3, -0.25) is 9.59 Å². The molecular formula is C21H29NO4. The minimum Gasteiger partial charge on any atom is -0.493 e. The molecule has 2 unspecified atom stereocenters. The van der Waals surface area contributed by atoms with Crippen LogP contribution in [0, 0.1) is 16.2 Å². The number of fused-ring (bicyclic) bond motifs is 2. The Hall–Kier alpha value is -2.04. The Morgan fingerprint density at radius 3 is 2.35 bits per heavy atom. The zero-order valence-electron chi connectivity index (χ0n) is 16.4. The lowest BCUT2D eigenvalue weighted by Gasteiger charge is -2.38. The summed E-state index contributed by atoms with van der Waals surface area (Å²) in [5.41, 5.74) is -0.160. The van der Waals surface area contributed by atoms with Crippen molar-refractivity contribution in [3.05, 3.63) is 23.8 Å². The molecular weight excluding hydrogens is 330 g/mol. The van der Waals surface area contributed by atoms with Crippen LogP contribution < -0.4 is 14.8 Å². The van der Waals surface area contributed by atoms with E-state index in [1.165, 1.54) is 0 Å². The van der Waals surface area contributed by atoms with Crippen molar-refractivity contribution in [2.24, 2.45) is 16.2 Å². The van der Waals surface area contributed by atoms with Crippen molar-refractivity contribution in [3.63, 3.8) is 0 Å². The van der Waals surface area contributed by atoms with E-state index in [0.717, 1.165) is 18.4 Å². The van der Waals surface area contributed by atoms with Gasteiger partial charge < -0.3 is 14.8 Å². The summed E-state index contributed by atoms with van der Waals surface area (Å²) in [6.45, 7) is 6.73. The molecule has 2 aliphatic rings. The van der Waals surface area contributed by atoms with Gasteiger partial charge in [-0.15, -0.1) is 0 Å². The maximum Gasteiger partial charge on any atom is 0.227 e. The second kappa shape index (κ2) is 6.29. The van der Waals surface area contributed by atoms with Gasteiger partial charge in [0.25, 0.3) is 0 Å². The smallest absolute Gasteiger partial charge is 0.227 e. The van der Waals surface area contributed by atoms with Gasteiger partial charge in [0.1, 0.15) is 5.78 Å². The predicted molar refractivity (Wildman–Crippen MR) is 99.4 cm³/mol. The number of hydrogen-bond acceptors (Lipinski definition) is 4. The molecule has 1 N–H and O–H groups in total. The number of carbonyl (C=O) groups excluding carboxylic acids is 2. The number of nitrogens with one attached hydrogen (secondary N) is 1. The van der Waals surface area contributed by atoms with E-state index in [1.807, 2.05) is 25.1 Å². The quantitative estimate of drug-likeness (QED) is 0.847. The van der Waals surface area contributed by atoms with E-state index in [0.29, 0.717) is 30.9 Å². The fraction of sp³-hybridized carbons (Fsp3) is 0.619. The summed E-state index contributed by atoms with van der Waals surface area (Å²) >= 11 is 0. The van der Waals surface area contributed by atoms with E-state index >= 15 is 0 Å². The number of amides is 1. The van der Waals surface area contributed by atoms with Crippen molar-refractivity contribution in [2.45, 2.75) is 46.5 Å². The van der Waals surface area contributed by atoms with Crippen molar-refractivity contribution < 1.29 is 19.1 Å². The van der Waals surface area contributed by atoms with E-state index in [4.69, 9.17) is 9.47 Å². The number of methoxy groups -OCH3 is 2. The zero-order valence-corrected chi connectivity index (χ0v) is 16.4. The van der Waals surface area contributed by atoms with Crippen LogP contribution in [0.2, 0.25) is 0 Å². The summed E-state index contributed by atoms with van der Waals surface area (Å²) in [7, 11) is 3.22. The normalized spacial score (nSPS) is 28.9. The third kappa shape index (κ3) is 2.43. The zero-order chi connectivity index (χ0) is 19.2. The van der Waals surface area contributed by atoms with Crippen molar-refractivity contribution in [3.8, 4) is 11.5 Å². The van der Waals surface area contributed by atoms with Gasteiger partial charge in [0, 0.05) is 18.4 Å². The Bertz CT molecular complexity index is 742. The summed E-state index contributed by atoms with van der Waals surface area (Å²) in [5, 5.41) is 3.09. The standard InChI is InChI=1S/C21H29NO4/c1-19(2)20(3)9-10-21(19,13-17(20)23)18(24)22-11-8-14-6-7-15(25-4)16(12-14)26-5/h6-7,12H,8-11,13H2,1-5H3,(H,22,24). The first-order valence-corrected chi connectivity index (χ1v) is 9.24. The van der Waals surface area contributed by atoms with E-state index in [1.54, 1.807) is 14.2 Å². The fourth-order valence-electron chi connectivity index (χ4n) is 4.89. The second-order valence-corrected chi connectivity index (χ2v) is 8.33. The number of ether oxygens (including phenoxy) is 2. The molecule has 2 aliphatic carbocycles. The molecule has 142 valence electrons. The lowest BCUT2D eigenvalue weighted by molar-refractivity contribution is -0.136. The molecule has 5 heteroatoms. The summed E-state index contributed by atoms with van der Waals surface area (Å²) < 4.78 is 10.6. The van der Waals surface area contributed by atoms with Crippen LogP contribution >= 0.6 is 0 Å². The lowest BCUT2D eigenvalue weighted by atomic mass is 9.64. The molecule has 2 fully saturated rings. The molecule has 1 amide bonds. The van der Waals surface area contributed by atoms with Gasteiger partial charge in [-0.1, -0.05) is 26.8 Å². The molecule has 5 nitrogen and oxygen atoms in total. The third-order valence-corrected chi connectivity index (χ3v) is 7.29. The van der Waals surface area contributed by atoms with Crippen LogP contribution in [0.1, 0.15) is 45.6 Å². The highest BCUT2D eigenvalue weighted by molar-refractivity contribution is 5.99. The highest BCUT2D eigenvalue weighted by atomic mass is 16.5. The van der Waals surface area contributed by atoms with E-state index in [2.05, 4.69) is 19.2 Å². The molecule has 1 aromatic carbocycles. The number of hydrogen-bond donors (Lipinski definition) is 1. The van der Waals surface area contributed by atoms with Gasteiger partial charge in [0.05, 0.1) is 19.6 Å². The molecule has 3 rings (SSSR count). The maximum absolute atomic E-state index is 13.0. The molecule has 1 aromatic rings.